The third-order valence-electron chi connectivity index (χ3n) is 6.64. The number of fused-ring (bicyclic) bond motifs is 1. The van der Waals surface area contributed by atoms with Gasteiger partial charge in [-0.15, -0.1) is 0 Å². The van der Waals surface area contributed by atoms with Gasteiger partial charge in [0.05, 0.1) is 18.6 Å². The molecule has 0 bridgehead atoms. The first-order valence-corrected chi connectivity index (χ1v) is 12.0. The number of carbonyl (C=O) groups is 3. The van der Waals surface area contributed by atoms with Crippen molar-refractivity contribution in [1.82, 2.24) is 19.8 Å². The quantitative estimate of drug-likeness (QED) is 0.526. The maximum absolute atomic E-state index is 14.2. The number of nitrogens with one attached hydrogen (secondary N) is 2. The van der Waals surface area contributed by atoms with Crippen LogP contribution >= 0.6 is 11.6 Å². The minimum atomic E-state index is -1.16. The summed E-state index contributed by atoms with van der Waals surface area (Å²) in [5.74, 6) is -2.15. The number of hydrogen-bond acceptors (Lipinski definition) is 4. The second-order valence-corrected chi connectivity index (χ2v) is 9.93. The number of halogens is 2. The molecule has 0 spiro atoms. The number of carbonyl (C=O) groups excluding carboxylic acids is 3. The maximum Gasteiger partial charge on any atom is 0.276 e. The van der Waals surface area contributed by atoms with Crippen molar-refractivity contribution in [3.8, 4) is 0 Å². The molecule has 3 aromatic rings. The number of hydrogen-bond donors (Lipinski definition) is 2. The van der Waals surface area contributed by atoms with Crippen LogP contribution in [0.1, 0.15) is 51.9 Å². The summed E-state index contributed by atoms with van der Waals surface area (Å²) in [5.41, 5.74) is 0.802. The smallest absolute Gasteiger partial charge is 0.276 e. The molecule has 1 fully saturated rings. The molecule has 5 rings (SSSR count). The minimum Gasteiger partial charge on any atom is -0.350 e. The minimum absolute atomic E-state index is 0.0752. The molecule has 0 radical (unpaired) electrons. The fourth-order valence-corrected chi connectivity index (χ4v) is 4.73. The summed E-state index contributed by atoms with van der Waals surface area (Å²) < 4.78 is 15.7. The summed E-state index contributed by atoms with van der Waals surface area (Å²) in [5, 5.41) is 5.62. The number of rotatable bonds is 6. The summed E-state index contributed by atoms with van der Waals surface area (Å²) in [6, 6.07) is 11.6. The maximum atomic E-state index is 14.2. The molecule has 2 N–H and O–H groups in total. The van der Waals surface area contributed by atoms with Crippen molar-refractivity contribution < 1.29 is 18.8 Å². The SMILES string of the molecule is Cc1ccc(CNC(=O)[C@]2(C)Cn3cnc(C(=O)Nc4ccc(Cl)cc4F)c3C(=O)N2C2CC2)cc1. The van der Waals surface area contributed by atoms with Gasteiger partial charge < -0.3 is 20.1 Å². The van der Waals surface area contributed by atoms with E-state index in [1.165, 1.54) is 23.0 Å². The van der Waals surface area contributed by atoms with Gasteiger partial charge in [-0.1, -0.05) is 41.4 Å². The second kappa shape index (κ2) is 9.05. The zero-order valence-corrected chi connectivity index (χ0v) is 20.6. The Labute approximate surface area is 212 Å². The van der Waals surface area contributed by atoms with Crippen LogP contribution in [0.5, 0.6) is 0 Å². The van der Waals surface area contributed by atoms with Gasteiger partial charge >= 0.3 is 0 Å². The van der Waals surface area contributed by atoms with E-state index >= 15 is 0 Å². The number of aryl methyl sites for hydroxylation is 1. The van der Waals surface area contributed by atoms with Gasteiger partial charge in [0.2, 0.25) is 5.91 Å². The Morgan fingerprint density at radius 3 is 2.58 bits per heavy atom. The molecule has 1 aliphatic carbocycles. The van der Waals surface area contributed by atoms with Gasteiger partial charge in [0, 0.05) is 17.6 Å². The second-order valence-electron chi connectivity index (χ2n) is 9.50. The Morgan fingerprint density at radius 2 is 1.92 bits per heavy atom. The van der Waals surface area contributed by atoms with E-state index in [0.29, 0.717) is 6.54 Å². The topological polar surface area (TPSA) is 96.3 Å². The van der Waals surface area contributed by atoms with Crippen molar-refractivity contribution >= 4 is 35.0 Å². The summed E-state index contributed by atoms with van der Waals surface area (Å²) in [6.45, 7) is 4.20. The highest BCUT2D eigenvalue weighted by molar-refractivity contribution is 6.30. The van der Waals surface area contributed by atoms with Gasteiger partial charge in [-0.05, 0) is 50.5 Å². The highest BCUT2D eigenvalue weighted by atomic mass is 35.5. The van der Waals surface area contributed by atoms with E-state index in [0.717, 1.165) is 30.0 Å². The van der Waals surface area contributed by atoms with Gasteiger partial charge in [-0.2, -0.15) is 0 Å². The number of aromatic nitrogens is 2. The fourth-order valence-electron chi connectivity index (χ4n) is 4.57. The molecule has 1 aromatic heterocycles. The number of nitrogens with zero attached hydrogens (tertiary/aromatic N) is 3. The Bertz CT molecular complexity index is 1370. The molecule has 0 unspecified atom stereocenters. The van der Waals surface area contributed by atoms with Crippen LogP contribution < -0.4 is 10.6 Å². The monoisotopic (exact) mass is 509 g/mol. The van der Waals surface area contributed by atoms with Crippen molar-refractivity contribution in [3.05, 3.63) is 82.1 Å². The van der Waals surface area contributed by atoms with Crippen LogP contribution in [0.4, 0.5) is 10.1 Å². The lowest BCUT2D eigenvalue weighted by Gasteiger charge is -2.44. The molecule has 2 aromatic carbocycles. The zero-order valence-electron chi connectivity index (χ0n) is 19.8. The van der Waals surface area contributed by atoms with Gasteiger partial charge in [-0.3, -0.25) is 14.4 Å². The number of imidazole rings is 1. The molecule has 1 saturated carbocycles. The van der Waals surface area contributed by atoms with Crippen LogP contribution in [0.2, 0.25) is 5.02 Å². The number of anilines is 1. The van der Waals surface area contributed by atoms with E-state index < -0.39 is 23.2 Å². The standard InChI is InChI=1S/C26H25ClFN5O3/c1-15-3-5-16(6-4-15)12-29-25(36)26(2)13-32-14-30-21(22(32)24(35)33(26)18-8-9-18)23(34)31-20-10-7-17(27)11-19(20)28/h3-7,10-11,14,18H,8-9,12-13H2,1-2H3,(H,29,36)(H,31,34)/t26-/m0/s1. The molecule has 0 saturated heterocycles. The van der Waals surface area contributed by atoms with Crippen LogP contribution in [-0.2, 0) is 17.9 Å². The predicted octanol–water partition coefficient (Wildman–Crippen LogP) is 3.93. The molecule has 10 heteroatoms. The Morgan fingerprint density at radius 1 is 1.19 bits per heavy atom. The van der Waals surface area contributed by atoms with Crippen molar-refractivity contribution in [3.63, 3.8) is 0 Å². The molecular weight excluding hydrogens is 485 g/mol. The molecule has 2 heterocycles. The third kappa shape index (κ3) is 4.35. The Kier molecular flexibility index (Phi) is 6.04. The van der Waals surface area contributed by atoms with Gasteiger partial charge in [-0.25, -0.2) is 9.37 Å². The molecule has 3 amide bonds. The number of amides is 3. The molecule has 36 heavy (non-hydrogen) atoms. The lowest BCUT2D eigenvalue weighted by Crippen LogP contribution is -2.64. The number of benzene rings is 2. The van der Waals surface area contributed by atoms with Crippen LogP contribution in [0.3, 0.4) is 0 Å². The Balaban J connectivity index is 1.40. The molecule has 1 atom stereocenters. The van der Waals surface area contributed by atoms with E-state index in [4.69, 9.17) is 11.6 Å². The van der Waals surface area contributed by atoms with E-state index in [1.807, 2.05) is 31.2 Å². The van der Waals surface area contributed by atoms with E-state index in [1.54, 1.807) is 11.8 Å². The first-order chi connectivity index (χ1) is 17.2. The summed E-state index contributed by atoms with van der Waals surface area (Å²) in [6.07, 6.45) is 2.92. The lowest BCUT2D eigenvalue weighted by molar-refractivity contribution is -0.133. The molecule has 2 aliphatic rings. The van der Waals surface area contributed by atoms with Crippen molar-refractivity contribution in [2.75, 3.05) is 5.32 Å². The van der Waals surface area contributed by atoms with E-state index in [2.05, 4.69) is 15.6 Å². The van der Waals surface area contributed by atoms with Gasteiger partial charge in [0.25, 0.3) is 11.8 Å². The molecule has 186 valence electrons. The summed E-state index contributed by atoms with van der Waals surface area (Å²) >= 11 is 5.78. The molecule has 1 aliphatic heterocycles. The average molecular weight is 510 g/mol. The zero-order chi connectivity index (χ0) is 25.6. The first-order valence-electron chi connectivity index (χ1n) is 11.7. The fraction of sp³-hybridized carbons (Fsp3) is 0.308. The molecular formula is C26H25ClFN5O3. The summed E-state index contributed by atoms with van der Waals surface area (Å²) in [4.78, 5) is 45.8. The summed E-state index contributed by atoms with van der Waals surface area (Å²) in [7, 11) is 0. The van der Waals surface area contributed by atoms with Crippen LogP contribution in [0.15, 0.2) is 48.8 Å². The van der Waals surface area contributed by atoms with Crippen molar-refractivity contribution in [1.29, 1.82) is 0 Å². The largest absolute Gasteiger partial charge is 0.350 e. The lowest BCUT2D eigenvalue weighted by atomic mass is 9.93. The molecule has 8 nitrogen and oxygen atoms in total. The first kappa shape index (κ1) is 24.0. The predicted molar refractivity (Wildman–Crippen MR) is 132 cm³/mol. The van der Waals surface area contributed by atoms with E-state index in [9.17, 15) is 18.8 Å². The van der Waals surface area contributed by atoms with Crippen LogP contribution in [0.25, 0.3) is 0 Å². The van der Waals surface area contributed by atoms with Gasteiger partial charge in [0.15, 0.2) is 5.69 Å². The average Bonchev–Trinajstić information content (AvgIpc) is 3.57. The van der Waals surface area contributed by atoms with Crippen LogP contribution in [-0.4, -0.2) is 43.8 Å². The van der Waals surface area contributed by atoms with Crippen molar-refractivity contribution in [2.24, 2.45) is 0 Å². The highest BCUT2D eigenvalue weighted by Gasteiger charge is 2.53. The van der Waals surface area contributed by atoms with Crippen LogP contribution in [0, 0.1) is 12.7 Å². The van der Waals surface area contributed by atoms with Crippen molar-refractivity contribution in [2.45, 2.75) is 51.4 Å². The normalized spacial score (nSPS) is 19.1. The Hall–Kier alpha value is -3.72. The third-order valence-corrected chi connectivity index (χ3v) is 6.87. The van der Waals surface area contributed by atoms with Gasteiger partial charge in [0.1, 0.15) is 17.1 Å². The highest BCUT2D eigenvalue weighted by Crippen LogP contribution is 2.39. The van der Waals surface area contributed by atoms with E-state index in [-0.39, 0.29) is 40.6 Å².